The fraction of sp³-hybridized carbons (Fsp3) is 0.526. The minimum Gasteiger partial charge on any atom is -0.491 e. The summed E-state index contributed by atoms with van der Waals surface area (Å²) in [6, 6.07) is 0. The molecule has 1 heterocycles. The van der Waals surface area contributed by atoms with E-state index in [0.717, 1.165) is 11.3 Å². The number of hydrogen-bond donors (Lipinski definition) is 0. The van der Waals surface area contributed by atoms with E-state index in [0.29, 0.717) is 32.1 Å². The van der Waals surface area contributed by atoms with E-state index in [1.165, 1.54) is 14.2 Å². The first-order valence-electron chi connectivity index (χ1n) is 8.41. The third-order valence-corrected chi connectivity index (χ3v) is 5.34. The zero-order chi connectivity index (χ0) is 18.2. The van der Waals surface area contributed by atoms with Crippen LogP contribution in [0.25, 0.3) is 0 Å². The molecule has 0 aromatic heterocycles. The van der Waals surface area contributed by atoms with Gasteiger partial charge in [0.1, 0.15) is 11.4 Å². The Morgan fingerprint density at radius 3 is 2.40 bits per heavy atom. The summed E-state index contributed by atoms with van der Waals surface area (Å²) in [5, 5.41) is 0. The molecule has 0 bridgehead atoms. The minimum atomic E-state index is -0.578. The van der Waals surface area contributed by atoms with E-state index in [-0.39, 0.29) is 22.8 Å². The molecule has 0 N–H and O–H groups in total. The fourth-order valence-electron chi connectivity index (χ4n) is 3.78. The van der Waals surface area contributed by atoms with Crippen LogP contribution in [0.5, 0.6) is 0 Å². The van der Waals surface area contributed by atoms with Crippen LogP contribution in [0.2, 0.25) is 0 Å². The highest BCUT2D eigenvalue weighted by Gasteiger charge is 2.45. The number of fused-ring (bicyclic) bond motifs is 1. The molecule has 0 amide bonds. The quantitative estimate of drug-likeness (QED) is 0.715. The number of allylic oxidation sites excluding steroid dienone is 3. The van der Waals surface area contributed by atoms with Gasteiger partial charge < -0.3 is 14.2 Å². The Hall–Kier alpha value is -2.37. The van der Waals surface area contributed by atoms with Crippen molar-refractivity contribution >= 4 is 17.7 Å². The zero-order valence-corrected chi connectivity index (χ0v) is 14.7. The van der Waals surface area contributed by atoms with E-state index in [9.17, 15) is 14.4 Å². The lowest BCUT2D eigenvalue weighted by atomic mass is 9.75. The van der Waals surface area contributed by atoms with Gasteiger partial charge in [-0.25, -0.2) is 9.59 Å². The number of hydrogen-bond acceptors (Lipinski definition) is 6. The second-order valence-corrected chi connectivity index (χ2v) is 6.80. The maximum atomic E-state index is 12.1. The van der Waals surface area contributed by atoms with Crippen LogP contribution in [0.1, 0.15) is 39.0 Å². The van der Waals surface area contributed by atoms with Crippen molar-refractivity contribution in [3.05, 3.63) is 34.6 Å². The van der Waals surface area contributed by atoms with Crippen molar-refractivity contribution in [2.24, 2.45) is 5.92 Å². The average Bonchev–Trinajstić information content (AvgIpc) is 2.94. The van der Waals surface area contributed by atoms with Crippen molar-refractivity contribution in [2.45, 2.75) is 44.6 Å². The lowest BCUT2D eigenvalue weighted by Gasteiger charge is -2.42. The number of rotatable bonds is 2. The zero-order valence-electron chi connectivity index (χ0n) is 14.7. The molecule has 0 unspecified atom stereocenters. The average molecular weight is 346 g/mol. The summed E-state index contributed by atoms with van der Waals surface area (Å²) >= 11 is 0. The van der Waals surface area contributed by atoms with E-state index < -0.39 is 17.5 Å². The summed E-state index contributed by atoms with van der Waals surface area (Å²) < 4.78 is 15.8. The third-order valence-electron chi connectivity index (χ3n) is 5.34. The summed E-state index contributed by atoms with van der Waals surface area (Å²) in [6.07, 6.45) is 6.12. The maximum Gasteiger partial charge on any atom is 0.338 e. The Balaban J connectivity index is 1.98. The molecule has 0 saturated heterocycles. The molecule has 0 saturated carbocycles. The van der Waals surface area contributed by atoms with Crippen LogP contribution in [0.15, 0.2) is 34.6 Å². The summed E-state index contributed by atoms with van der Waals surface area (Å²) in [5.41, 5.74) is 0.656. The van der Waals surface area contributed by atoms with E-state index >= 15 is 0 Å². The topological polar surface area (TPSA) is 78.9 Å². The largest absolute Gasteiger partial charge is 0.491 e. The van der Waals surface area contributed by atoms with Gasteiger partial charge in [0.2, 0.25) is 0 Å². The normalized spacial score (nSPS) is 32.8. The molecule has 6 heteroatoms. The van der Waals surface area contributed by atoms with Crippen molar-refractivity contribution in [3.63, 3.8) is 0 Å². The highest BCUT2D eigenvalue weighted by molar-refractivity contribution is 6.07. The van der Waals surface area contributed by atoms with Crippen molar-refractivity contribution in [1.82, 2.24) is 0 Å². The summed E-state index contributed by atoms with van der Waals surface area (Å²) in [4.78, 5) is 36.3. The van der Waals surface area contributed by atoms with E-state index in [2.05, 4.69) is 0 Å². The molecule has 25 heavy (non-hydrogen) atoms. The molecule has 0 radical (unpaired) electrons. The number of carbonyl (C=O) groups is 3. The van der Waals surface area contributed by atoms with Gasteiger partial charge in [-0.05, 0) is 19.8 Å². The van der Waals surface area contributed by atoms with Crippen LogP contribution < -0.4 is 0 Å². The molecule has 2 atom stereocenters. The van der Waals surface area contributed by atoms with Crippen molar-refractivity contribution in [3.8, 4) is 0 Å². The number of carbonyl (C=O) groups excluding carboxylic acids is 3. The lowest BCUT2D eigenvalue weighted by molar-refractivity contribution is -0.139. The molecule has 2 aliphatic carbocycles. The highest BCUT2D eigenvalue weighted by Crippen LogP contribution is 2.46. The minimum absolute atomic E-state index is 0.0448. The summed E-state index contributed by atoms with van der Waals surface area (Å²) in [6.45, 7) is 1.99. The maximum absolute atomic E-state index is 12.1. The van der Waals surface area contributed by atoms with Gasteiger partial charge in [0.05, 0.1) is 25.4 Å². The molecule has 6 nitrogen and oxygen atoms in total. The van der Waals surface area contributed by atoms with Crippen molar-refractivity contribution < 1.29 is 28.6 Å². The monoisotopic (exact) mass is 346 g/mol. The SMILES string of the molecule is COC(=O)C1=C/C[C@H]2CC3=C(CCC3=O)O[C@@]2(C)C/C=C\1C(=O)OC. The second-order valence-electron chi connectivity index (χ2n) is 6.80. The smallest absolute Gasteiger partial charge is 0.338 e. The molecule has 0 fully saturated rings. The number of methoxy groups -OCH3 is 2. The van der Waals surface area contributed by atoms with Gasteiger partial charge in [-0.15, -0.1) is 0 Å². The first-order valence-corrected chi connectivity index (χ1v) is 8.41. The predicted molar refractivity (Wildman–Crippen MR) is 88.3 cm³/mol. The molecule has 3 aliphatic rings. The predicted octanol–water partition coefficient (Wildman–Crippen LogP) is 2.39. The van der Waals surface area contributed by atoms with Crippen LogP contribution in [0, 0.1) is 5.92 Å². The van der Waals surface area contributed by atoms with Crippen LogP contribution in [0.4, 0.5) is 0 Å². The number of Topliss-reactive ketones (excluding diaryl/α,β-unsaturated/α-hetero) is 1. The van der Waals surface area contributed by atoms with Crippen LogP contribution in [-0.4, -0.2) is 37.5 Å². The van der Waals surface area contributed by atoms with E-state index in [4.69, 9.17) is 14.2 Å². The Labute approximate surface area is 146 Å². The highest BCUT2D eigenvalue weighted by atomic mass is 16.5. The Bertz CT molecular complexity index is 726. The molecule has 0 spiro atoms. The number of esters is 2. The standard InChI is InChI=1S/C19H22O6/c1-19-9-8-13(18(22)24-3)12(17(21)23-2)5-4-11(19)10-14-15(20)6-7-16(14)25-19/h5,8,11H,4,6-7,9-10H2,1-3H3/b12-5+,13-8+/t11-,19-/m0/s1. The first kappa shape index (κ1) is 17.5. The summed E-state index contributed by atoms with van der Waals surface area (Å²) in [7, 11) is 2.55. The molecule has 0 aromatic carbocycles. The molecule has 1 aliphatic heterocycles. The third kappa shape index (κ3) is 3.01. The molecule has 0 aromatic rings. The van der Waals surface area contributed by atoms with E-state index in [1.54, 1.807) is 12.2 Å². The van der Waals surface area contributed by atoms with E-state index in [1.807, 2.05) is 6.92 Å². The number of ether oxygens (including phenoxy) is 3. The van der Waals surface area contributed by atoms with Gasteiger partial charge in [0.15, 0.2) is 5.78 Å². The van der Waals surface area contributed by atoms with Gasteiger partial charge in [0.25, 0.3) is 0 Å². The van der Waals surface area contributed by atoms with Crippen LogP contribution in [0.3, 0.4) is 0 Å². The van der Waals surface area contributed by atoms with Gasteiger partial charge in [-0.2, -0.15) is 0 Å². The van der Waals surface area contributed by atoms with Crippen LogP contribution >= 0.6 is 0 Å². The van der Waals surface area contributed by atoms with Gasteiger partial charge in [0, 0.05) is 30.8 Å². The molecular formula is C19H22O6. The summed E-state index contributed by atoms with van der Waals surface area (Å²) in [5.74, 6) is -0.167. The molecule has 3 rings (SSSR count). The van der Waals surface area contributed by atoms with Crippen molar-refractivity contribution in [1.29, 1.82) is 0 Å². The van der Waals surface area contributed by atoms with Gasteiger partial charge >= 0.3 is 11.9 Å². The Kier molecular flexibility index (Phi) is 4.54. The Morgan fingerprint density at radius 2 is 1.76 bits per heavy atom. The molecule has 134 valence electrons. The lowest BCUT2D eigenvalue weighted by Crippen LogP contribution is -2.41. The second kappa shape index (κ2) is 6.50. The number of ketones is 1. The fourth-order valence-corrected chi connectivity index (χ4v) is 3.78. The van der Waals surface area contributed by atoms with Crippen LogP contribution in [-0.2, 0) is 28.6 Å². The molecular weight excluding hydrogens is 324 g/mol. The Morgan fingerprint density at radius 1 is 1.12 bits per heavy atom. The van der Waals surface area contributed by atoms with Gasteiger partial charge in [-0.1, -0.05) is 12.2 Å². The van der Waals surface area contributed by atoms with Crippen molar-refractivity contribution in [2.75, 3.05) is 14.2 Å². The first-order chi connectivity index (χ1) is 11.9. The van der Waals surface area contributed by atoms with Gasteiger partial charge in [-0.3, -0.25) is 4.79 Å².